The van der Waals surface area contributed by atoms with Crippen LogP contribution in [0.25, 0.3) is 10.9 Å². The van der Waals surface area contributed by atoms with Gasteiger partial charge in [-0.05, 0) is 54.5 Å². The molecular formula is C42H54ClN9O7. The van der Waals surface area contributed by atoms with Crippen molar-refractivity contribution < 1.29 is 33.5 Å². The van der Waals surface area contributed by atoms with E-state index in [1.807, 2.05) is 52.0 Å². The van der Waals surface area contributed by atoms with E-state index in [9.17, 15) is 28.8 Å². The van der Waals surface area contributed by atoms with E-state index >= 15 is 0 Å². The lowest BCUT2D eigenvalue weighted by atomic mass is 9.99. The number of hydrogen-bond donors (Lipinski definition) is 6. The van der Waals surface area contributed by atoms with Gasteiger partial charge in [-0.3, -0.25) is 33.4 Å². The van der Waals surface area contributed by atoms with Gasteiger partial charge >= 0.3 is 0 Å². The summed E-state index contributed by atoms with van der Waals surface area (Å²) in [5.41, 5.74) is 2.29. The summed E-state index contributed by atoms with van der Waals surface area (Å²) in [6.45, 7) is 8.32. The summed E-state index contributed by atoms with van der Waals surface area (Å²) in [6, 6.07) is 9.26. The quantitative estimate of drug-likeness (QED) is 0.148. The third-order valence-corrected chi connectivity index (χ3v) is 10.6. The number of aromatic amines is 1. The Hall–Kier alpha value is -5.90. The molecule has 5 atom stereocenters. The van der Waals surface area contributed by atoms with E-state index in [1.165, 1.54) is 29.8 Å². The number of H-pyrrole nitrogens is 1. The highest BCUT2D eigenvalue weighted by Crippen LogP contribution is 2.21. The van der Waals surface area contributed by atoms with Crippen LogP contribution in [-0.4, -0.2) is 106 Å². The number of carbonyl (C=O) groups excluding carboxylic acids is 6. The second-order valence-corrected chi connectivity index (χ2v) is 16.1. The fraction of sp³-hybridized carbons (Fsp3) is 0.452. The van der Waals surface area contributed by atoms with Crippen LogP contribution in [0.2, 0.25) is 5.02 Å². The first-order chi connectivity index (χ1) is 28.0. The number of halogens is 1. The maximum Gasteiger partial charge on any atom is 0.274 e. The number of aromatic nitrogens is 3. The Kier molecular flexibility index (Phi) is 14.8. The Balaban J connectivity index is 1.56. The Bertz CT molecular complexity index is 2130. The fourth-order valence-corrected chi connectivity index (χ4v) is 7.21. The minimum Gasteiger partial charge on any atom is -0.497 e. The van der Waals surface area contributed by atoms with E-state index in [0.29, 0.717) is 11.3 Å². The van der Waals surface area contributed by atoms with Crippen molar-refractivity contribution in [3.63, 3.8) is 0 Å². The summed E-state index contributed by atoms with van der Waals surface area (Å²) in [5, 5.41) is 19.2. The summed E-state index contributed by atoms with van der Waals surface area (Å²) >= 11 is 6.40. The zero-order valence-electron chi connectivity index (χ0n) is 34.4. The first-order valence-electron chi connectivity index (χ1n) is 19.7. The molecule has 16 nitrogen and oxygen atoms in total. The largest absolute Gasteiger partial charge is 0.497 e. The zero-order valence-corrected chi connectivity index (χ0v) is 35.2. The third kappa shape index (κ3) is 11.4. The number of methoxy groups -OCH3 is 1. The highest BCUT2D eigenvalue weighted by Gasteiger charge is 2.35. The third-order valence-electron chi connectivity index (χ3n) is 10.3. The summed E-state index contributed by atoms with van der Waals surface area (Å²) < 4.78 is 6.58. The van der Waals surface area contributed by atoms with Crippen molar-refractivity contribution in [2.24, 2.45) is 18.9 Å². The average molecular weight is 832 g/mol. The Morgan fingerprint density at radius 2 is 1.49 bits per heavy atom. The van der Waals surface area contributed by atoms with Gasteiger partial charge in [0.05, 0.1) is 24.9 Å². The molecule has 0 radical (unpaired) electrons. The van der Waals surface area contributed by atoms with Crippen molar-refractivity contribution in [1.82, 2.24) is 46.2 Å². The minimum atomic E-state index is -1.21. The lowest BCUT2D eigenvalue weighted by molar-refractivity contribution is -0.135. The topological polar surface area (TPSA) is 209 Å². The Morgan fingerprint density at radius 3 is 2.14 bits per heavy atom. The van der Waals surface area contributed by atoms with Crippen LogP contribution in [0.4, 0.5) is 0 Å². The molecule has 2 aromatic carbocycles. The predicted octanol–water partition coefficient (Wildman–Crippen LogP) is 2.65. The standard InChI is InChI=1S/C42H54ClN9O7/c1-23(2)16-32-40(56)49-33(17-26-12-14-28(59-7)15-13-26)39(55)46-25(5)38(54)50-35(24(3)4)21-52(42(58)37-30(43)20-45-51(37)6)22-36(53)47-34(41(57)48-32)18-27-19-44-31-11-9-8-10-29(27)31/h8-15,19-20,23-25,32-35,44H,16-18,21-22H2,1-7H3,(H,46,55)(H,47,53)(H,48,57)(H,49,56)(H,50,54)/t25-,32+,33+,34-,35-/m1/s1. The summed E-state index contributed by atoms with van der Waals surface area (Å²) in [4.78, 5) is 89.1. The number of aryl methyl sites for hydroxylation is 1. The Morgan fingerprint density at radius 1 is 0.847 bits per heavy atom. The van der Waals surface area contributed by atoms with Crippen LogP contribution in [0.5, 0.6) is 5.75 Å². The maximum atomic E-state index is 14.4. The summed E-state index contributed by atoms with van der Waals surface area (Å²) in [5.74, 6) is -3.47. The summed E-state index contributed by atoms with van der Waals surface area (Å²) in [6.07, 6.45) is 3.36. The average Bonchev–Trinajstić information content (AvgIpc) is 3.76. The van der Waals surface area contributed by atoms with Crippen LogP contribution in [-0.2, 0) is 43.9 Å². The van der Waals surface area contributed by atoms with Crippen LogP contribution >= 0.6 is 11.6 Å². The van der Waals surface area contributed by atoms with E-state index in [2.05, 4.69) is 36.7 Å². The number of carbonyl (C=O) groups is 6. The number of amides is 6. The number of benzene rings is 2. The van der Waals surface area contributed by atoms with Gasteiger partial charge in [0, 0.05) is 49.6 Å². The second kappa shape index (κ2) is 19.7. The number of nitrogens with zero attached hydrogens (tertiary/aromatic N) is 3. The van der Waals surface area contributed by atoms with Gasteiger partial charge < -0.3 is 41.2 Å². The molecule has 0 aliphatic carbocycles. The second-order valence-electron chi connectivity index (χ2n) is 15.7. The van der Waals surface area contributed by atoms with Crippen LogP contribution in [0.15, 0.2) is 60.9 Å². The van der Waals surface area contributed by atoms with Gasteiger partial charge in [0.2, 0.25) is 29.5 Å². The molecule has 5 rings (SSSR count). The lowest BCUT2D eigenvalue weighted by Gasteiger charge is -2.32. The first kappa shape index (κ1) is 44.2. The van der Waals surface area contributed by atoms with Gasteiger partial charge in [-0.2, -0.15) is 5.10 Å². The number of para-hydroxylation sites is 1. The van der Waals surface area contributed by atoms with Crippen molar-refractivity contribution in [3.05, 3.63) is 82.8 Å². The number of hydrogen-bond acceptors (Lipinski definition) is 8. The highest BCUT2D eigenvalue weighted by molar-refractivity contribution is 6.33. The molecule has 0 saturated carbocycles. The SMILES string of the molecule is COc1ccc(C[C@@H]2NC(=O)[C@H](CC(C)C)NC(=O)[C@@H](Cc3c[nH]c4ccccc34)NC(=O)CN(C(=O)c3c(Cl)cnn3C)C[C@H](C(C)C)NC(=O)[C@@H](C)NC2=O)cc1. The normalized spacial score (nSPS) is 21.6. The van der Waals surface area contributed by atoms with E-state index in [0.717, 1.165) is 16.5 Å². The van der Waals surface area contributed by atoms with Gasteiger partial charge in [0.25, 0.3) is 5.91 Å². The van der Waals surface area contributed by atoms with Crippen molar-refractivity contribution in [1.29, 1.82) is 0 Å². The van der Waals surface area contributed by atoms with Crippen molar-refractivity contribution in [2.75, 3.05) is 20.2 Å². The molecular weight excluding hydrogens is 778 g/mol. The predicted molar refractivity (Wildman–Crippen MR) is 222 cm³/mol. The molecule has 0 bridgehead atoms. The number of rotatable bonds is 9. The van der Waals surface area contributed by atoms with E-state index < -0.39 is 72.2 Å². The molecule has 1 aliphatic heterocycles. The van der Waals surface area contributed by atoms with Gasteiger partial charge in [-0.1, -0.05) is 69.6 Å². The van der Waals surface area contributed by atoms with E-state index in [-0.39, 0.29) is 48.4 Å². The molecule has 316 valence electrons. The van der Waals surface area contributed by atoms with Crippen LogP contribution in [0, 0.1) is 11.8 Å². The van der Waals surface area contributed by atoms with Gasteiger partial charge in [0.15, 0.2) is 0 Å². The van der Waals surface area contributed by atoms with Gasteiger partial charge in [0.1, 0.15) is 35.6 Å². The van der Waals surface area contributed by atoms with Crippen LogP contribution in [0.1, 0.15) is 62.7 Å². The minimum absolute atomic E-state index is 0.0228. The van der Waals surface area contributed by atoms with Gasteiger partial charge in [-0.15, -0.1) is 0 Å². The molecule has 3 heterocycles. The Labute approximate surface area is 348 Å². The number of fused-ring (bicyclic) bond motifs is 1. The van der Waals surface area contributed by atoms with Crippen molar-refractivity contribution in [3.8, 4) is 5.75 Å². The molecule has 1 aliphatic rings. The molecule has 17 heteroatoms. The monoisotopic (exact) mass is 831 g/mol. The number of ether oxygens (including phenoxy) is 1. The maximum absolute atomic E-state index is 14.4. The fourth-order valence-electron chi connectivity index (χ4n) is 6.97. The van der Waals surface area contributed by atoms with Crippen LogP contribution < -0.4 is 31.3 Å². The molecule has 1 saturated heterocycles. The van der Waals surface area contributed by atoms with Crippen molar-refractivity contribution in [2.45, 2.75) is 84.1 Å². The molecule has 0 unspecified atom stereocenters. The lowest BCUT2D eigenvalue weighted by Crippen LogP contribution is -2.60. The molecule has 6 amide bonds. The molecule has 59 heavy (non-hydrogen) atoms. The van der Waals surface area contributed by atoms with Crippen molar-refractivity contribution >= 4 is 57.9 Å². The smallest absolute Gasteiger partial charge is 0.274 e. The zero-order chi connectivity index (χ0) is 43.0. The molecule has 6 N–H and O–H groups in total. The van der Waals surface area contributed by atoms with E-state index in [4.69, 9.17) is 16.3 Å². The highest BCUT2D eigenvalue weighted by atomic mass is 35.5. The van der Waals surface area contributed by atoms with Gasteiger partial charge in [-0.25, -0.2) is 0 Å². The van der Waals surface area contributed by atoms with Crippen LogP contribution in [0.3, 0.4) is 0 Å². The molecule has 4 aromatic rings. The molecule has 2 aromatic heterocycles. The molecule has 1 fully saturated rings. The number of nitrogens with one attached hydrogen (secondary N) is 6. The summed E-state index contributed by atoms with van der Waals surface area (Å²) in [7, 11) is 3.08. The first-order valence-corrected chi connectivity index (χ1v) is 20.1. The van der Waals surface area contributed by atoms with E-state index in [1.54, 1.807) is 37.5 Å². The molecule has 0 spiro atoms.